The van der Waals surface area contributed by atoms with Gasteiger partial charge in [-0.2, -0.15) is 5.10 Å². The van der Waals surface area contributed by atoms with Crippen LogP contribution in [0.1, 0.15) is 12.8 Å². The van der Waals surface area contributed by atoms with Crippen molar-refractivity contribution in [2.45, 2.75) is 12.8 Å². The summed E-state index contributed by atoms with van der Waals surface area (Å²) in [5.74, 6) is 1.34. The van der Waals surface area contributed by atoms with Crippen molar-refractivity contribution in [3.63, 3.8) is 0 Å². The second-order valence-corrected chi connectivity index (χ2v) is 8.63. The Morgan fingerprint density at radius 1 is 1.06 bits per heavy atom. The maximum Gasteiger partial charge on any atom is 0.323 e. The first-order valence-electron chi connectivity index (χ1n) is 10.8. The number of nitrogens with one attached hydrogen (secondary N) is 2. The van der Waals surface area contributed by atoms with Crippen molar-refractivity contribution in [1.82, 2.24) is 14.7 Å². The van der Waals surface area contributed by atoms with E-state index >= 15 is 0 Å². The number of rotatable bonds is 6. The number of benzene rings is 2. The number of amides is 2. The van der Waals surface area contributed by atoms with Crippen LogP contribution < -0.4 is 15.4 Å². The second kappa shape index (κ2) is 10.1. The third kappa shape index (κ3) is 5.60. The molecule has 32 heavy (non-hydrogen) atoms. The van der Waals surface area contributed by atoms with Crippen LogP contribution in [-0.2, 0) is 7.05 Å². The summed E-state index contributed by atoms with van der Waals surface area (Å²) in [6, 6.07) is 14.3. The number of likely N-dealkylation sites (tertiary alicyclic amines) is 1. The van der Waals surface area contributed by atoms with Gasteiger partial charge >= 0.3 is 6.03 Å². The Morgan fingerprint density at radius 3 is 2.44 bits per heavy atom. The predicted molar refractivity (Wildman–Crippen MR) is 128 cm³/mol. The summed E-state index contributed by atoms with van der Waals surface area (Å²) in [5, 5.41) is 10.6. The predicted octanol–water partition coefficient (Wildman–Crippen LogP) is 5.11. The first kappa shape index (κ1) is 22.2. The average Bonchev–Trinajstić information content (AvgIpc) is 3.21. The number of aromatic nitrogens is 2. The fraction of sp³-hybridized carbons (Fsp3) is 0.333. The van der Waals surface area contributed by atoms with Crippen LogP contribution in [0.25, 0.3) is 11.3 Å². The molecule has 2 heterocycles. The Hall–Kier alpha value is -3.03. The molecule has 2 N–H and O–H groups in total. The Kier molecular flexibility index (Phi) is 6.97. The smallest absolute Gasteiger partial charge is 0.323 e. The summed E-state index contributed by atoms with van der Waals surface area (Å²) in [7, 11) is 4.05. The van der Waals surface area contributed by atoms with E-state index in [1.165, 1.54) is 0 Å². The van der Waals surface area contributed by atoms with Crippen molar-refractivity contribution in [2.24, 2.45) is 13.0 Å². The lowest BCUT2D eigenvalue weighted by molar-refractivity contribution is 0.160. The van der Waals surface area contributed by atoms with Crippen molar-refractivity contribution in [3.8, 4) is 17.0 Å². The Morgan fingerprint density at radius 2 is 1.75 bits per heavy atom. The number of anilines is 2. The topological polar surface area (TPSA) is 71.4 Å². The summed E-state index contributed by atoms with van der Waals surface area (Å²) in [5.41, 5.74) is 3.14. The molecular weight excluding hydrogens is 426 g/mol. The number of aryl methyl sites for hydroxylation is 1. The molecule has 1 saturated heterocycles. The van der Waals surface area contributed by atoms with E-state index in [0.717, 1.165) is 42.9 Å². The van der Waals surface area contributed by atoms with E-state index in [2.05, 4.69) is 27.7 Å². The summed E-state index contributed by atoms with van der Waals surface area (Å²) in [6.45, 7) is 2.89. The molecule has 0 saturated carbocycles. The maximum absolute atomic E-state index is 12.5. The maximum atomic E-state index is 12.5. The van der Waals surface area contributed by atoms with Crippen molar-refractivity contribution in [1.29, 1.82) is 0 Å². The molecular formula is C24H28ClN5O2. The third-order valence-electron chi connectivity index (χ3n) is 5.75. The van der Waals surface area contributed by atoms with Crippen LogP contribution in [0, 0.1) is 5.92 Å². The molecule has 2 aromatic carbocycles. The first-order chi connectivity index (χ1) is 15.5. The van der Waals surface area contributed by atoms with Gasteiger partial charge in [0.1, 0.15) is 5.75 Å². The minimum atomic E-state index is -0.330. The molecule has 3 aromatic rings. The number of hydrogen-bond acceptors (Lipinski definition) is 4. The minimum absolute atomic E-state index is 0.330. The first-order valence-corrected chi connectivity index (χ1v) is 11.1. The van der Waals surface area contributed by atoms with Gasteiger partial charge in [-0.3, -0.25) is 4.68 Å². The van der Waals surface area contributed by atoms with Gasteiger partial charge in [-0.15, -0.1) is 0 Å². The number of urea groups is 1. The van der Waals surface area contributed by atoms with Crippen molar-refractivity contribution < 1.29 is 9.53 Å². The molecule has 0 radical (unpaired) electrons. The number of carbonyl (C=O) groups excluding carboxylic acids is 1. The van der Waals surface area contributed by atoms with Gasteiger partial charge in [0.05, 0.1) is 12.3 Å². The zero-order valence-corrected chi connectivity index (χ0v) is 19.1. The lowest BCUT2D eigenvalue weighted by Gasteiger charge is -2.29. The number of carbonyl (C=O) groups is 1. The quantitative estimate of drug-likeness (QED) is 0.544. The zero-order valence-electron chi connectivity index (χ0n) is 18.3. The largest absolute Gasteiger partial charge is 0.493 e. The van der Waals surface area contributed by atoms with Crippen molar-refractivity contribution in [2.75, 3.05) is 37.4 Å². The molecule has 2 amide bonds. The molecule has 0 bridgehead atoms. The zero-order chi connectivity index (χ0) is 22.5. The Balaban J connectivity index is 1.48. The number of piperidine rings is 1. The van der Waals surface area contributed by atoms with Crippen LogP contribution in [0.15, 0.2) is 54.7 Å². The number of nitrogens with zero attached hydrogens (tertiary/aromatic N) is 3. The molecule has 1 aromatic heterocycles. The average molecular weight is 454 g/mol. The summed E-state index contributed by atoms with van der Waals surface area (Å²) < 4.78 is 8.06. The van der Waals surface area contributed by atoms with Crippen molar-refractivity contribution in [3.05, 3.63) is 59.8 Å². The van der Waals surface area contributed by atoms with E-state index in [4.69, 9.17) is 16.3 Å². The second-order valence-electron chi connectivity index (χ2n) is 8.19. The molecule has 0 atom stereocenters. The SMILES string of the molecule is CN1CCC(COc2ccc(NC(=O)Nc3ccc(Cl)cc3)cc2-c2ccnn2C)CC1. The van der Waals surface area contributed by atoms with Crippen LogP contribution in [0.3, 0.4) is 0 Å². The fourth-order valence-corrected chi connectivity index (χ4v) is 3.96. The van der Waals surface area contributed by atoms with E-state index in [1.54, 1.807) is 35.1 Å². The summed E-state index contributed by atoms with van der Waals surface area (Å²) in [6.07, 6.45) is 4.04. The summed E-state index contributed by atoms with van der Waals surface area (Å²) in [4.78, 5) is 14.8. The summed E-state index contributed by atoms with van der Waals surface area (Å²) >= 11 is 5.90. The number of ether oxygens (including phenoxy) is 1. The molecule has 1 fully saturated rings. The highest BCUT2D eigenvalue weighted by atomic mass is 35.5. The van der Waals surface area contributed by atoms with Gasteiger partial charge in [0.15, 0.2) is 0 Å². The molecule has 1 aliphatic heterocycles. The monoisotopic (exact) mass is 453 g/mol. The van der Waals surface area contributed by atoms with Crippen LogP contribution in [0.5, 0.6) is 5.75 Å². The number of hydrogen-bond donors (Lipinski definition) is 2. The highest BCUT2D eigenvalue weighted by Crippen LogP contribution is 2.33. The molecule has 1 aliphatic rings. The fourth-order valence-electron chi connectivity index (χ4n) is 3.83. The molecule has 4 rings (SSSR count). The van der Waals surface area contributed by atoms with E-state index in [1.807, 2.05) is 31.3 Å². The molecule has 0 aliphatic carbocycles. The molecule has 0 spiro atoms. The molecule has 7 nitrogen and oxygen atoms in total. The van der Waals surface area contributed by atoms with Crippen LogP contribution >= 0.6 is 11.6 Å². The van der Waals surface area contributed by atoms with Gasteiger partial charge in [0.2, 0.25) is 0 Å². The van der Waals surface area contributed by atoms with Gasteiger partial charge in [-0.1, -0.05) is 11.6 Å². The lowest BCUT2D eigenvalue weighted by Crippen LogP contribution is -2.32. The van der Waals surface area contributed by atoms with E-state index in [9.17, 15) is 4.79 Å². The molecule has 8 heteroatoms. The lowest BCUT2D eigenvalue weighted by atomic mass is 9.98. The minimum Gasteiger partial charge on any atom is -0.493 e. The standard InChI is InChI=1S/C24H28ClN5O2/c1-29-13-10-17(11-14-29)16-32-23-8-7-20(15-21(23)22-9-12-26-30(22)2)28-24(31)27-19-5-3-18(25)4-6-19/h3-9,12,15,17H,10-11,13-14,16H2,1-2H3,(H2,27,28,31). The third-order valence-corrected chi connectivity index (χ3v) is 6.00. The molecule has 0 unspecified atom stereocenters. The normalized spacial score (nSPS) is 14.8. The van der Waals surface area contributed by atoms with Crippen LogP contribution in [-0.4, -0.2) is 47.5 Å². The Bertz CT molecular complexity index is 1060. The van der Waals surface area contributed by atoms with Crippen molar-refractivity contribution >= 4 is 29.0 Å². The van der Waals surface area contributed by atoms with E-state index < -0.39 is 0 Å². The van der Waals surface area contributed by atoms with Gasteiger partial charge in [-0.25, -0.2) is 4.79 Å². The van der Waals surface area contributed by atoms with Gasteiger partial charge in [-0.05, 0) is 87.4 Å². The van der Waals surface area contributed by atoms with E-state index in [0.29, 0.717) is 28.9 Å². The number of halogens is 1. The molecule has 168 valence electrons. The van der Waals surface area contributed by atoms with Crippen LogP contribution in [0.4, 0.5) is 16.2 Å². The highest BCUT2D eigenvalue weighted by molar-refractivity contribution is 6.30. The van der Waals surface area contributed by atoms with Gasteiger partial charge < -0.3 is 20.3 Å². The Labute approximate surface area is 193 Å². The van der Waals surface area contributed by atoms with Gasteiger partial charge in [0.25, 0.3) is 0 Å². The highest BCUT2D eigenvalue weighted by Gasteiger charge is 2.19. The van der Waals surface area contributed by atoms with E-state index in [-0.39, 0.29) is 6.03 Å². The van der Waals surface area contributed by atoms with Gasteiger partial charge in [0, 0.05) is 35.2 Å². The van der Waals surface area contributed by atoms with Crippen LogP contribution in [0.2, 0.25) is 5.02 Å².